The van der Waals surface area contributed by atoms with Gasteiger partial charge in [-0.1, -0.05) is 41.4 Å². The predicted molar refractivity (Wildman–Crippen MR) is 137 cm³/mol. The first kappa shape index (κ1) is 24.0. The second-order valence-electron chi connectivity index (χ2n) is 8.38. The van der Waals surface area contributed by atoms with E-state index in [4.69, 9.17) is 23.2 Å². The molecule has 8 heteroatoms. The van der Waals surface area contributed by atoms with Crippen LogP contribution in [-0.4, -0.2) is 11.8 Å². The van der Waals surface area contributed by atoms with Crippen molar-refractivity contribution in [1.82, 2.24) is 5.32 Å². The number of rotatable bonds is 5. The fraction of sp³-hybridized carbons (Fsp3) is 0.200. The highest BCUT2D eigenvalue weighted by Crippen LogP contribution is 2.45. The number of halogens is 4. The van der Waals surface area contributed by atoms with E-state index in [0.717, 1.165) is 14.7 Å². The van der Waals surface area contributed by atoms with E-state index >= 15 is 0 Å². The Balaban J connectivity index is 1.68. The minimum absolute atomic E-state index is 0.0234. The van der Waals surface area contributed by atoms with Crippen molar-refractivity contribution in [2.45, 2.75) is 32.4 Å². The predicted octanol–water partition coefficient (Wildman–Crippen LogP) is 6.49. The number of fused-ring (bicyclic) bond motifs is 1. The van der Waals surface area contributed by atoms with Crippen molar-refractivity contribution in [2.75, 3.05) is 4.90 Å². The molecule has 4 rings (SSSR count). The molecule has 3 aromatic carbocycles. The average Bonchev–Trinajstić information content (AvgIpc) is 2.95. The summed E-state index contributed by atoms with van der Waals surface area (Å²) in [5.41, 5.74) is 2.10. The van der Waals surface area contributed by atoms with Crippen LogP contribution >= 0.6 is 45.8 Å². The lowest BCUT2D eigenvalue weighted by molar-refractivity contribution is -0.122. The molecular formula is C25H20Cl2FIN2O2. The average molecular weight is 597 g/mol. The number of amides is 2. The van der Waals surface area contributed by atoms with Crippen LogP contribution in [0, 0.1) is 9.39 Å². The molecule has 0 atom stereocenters. The van der Waals surface area contributed by atoms with Crippen molar-refractivity contribution >= 4 is 63.3 Å². The lowest BCUT2D eigenvalue weighted by Gasteiger charge is -2.21. The van der Waals surface area contributed by atoms with Crippen molar-refractivity contribution < 1.29 is 14.0 Å². The summed E-state index contributed by atoms with van der Waals surface area (Å²) in [6.07, 6.45) is 0. The van der Waals surface area contributed by atoms with E-state index in [0.29, 0.717) is 22.8 Å². The summed E-state index contributed by atoms with van der Waals surface area (Å²) >= 11 is 14.4. The molecule has 1 aliphatic heterocycles. The Bertz CT molecular complexity index is 1260. The van der Waals surface area contributed by atoms with Crippen molar-refractivity contribution in [3.8, 4) is 0 Å². The standard InChI is InChI=1S/C25H20Cl2FIN2O2/c1-25(2)22-20(29)10-15(23(32)30-12-14-5-3-6-16(26)9-14)11-21(22)31(24(25)33)13-17-18(27)7-4-8-19(17)28/h3-11H,12-13H2,1-2H3,(H,30,32). The van der Waals surface area contributed by atoms with Crippen LogP contribution in [0.1, 0.15) is 40.9 Å². The van der Waals surface area contributed by atoms with Gasteiger partial charge in [-0.3, -0.25) is 9.59 Å². The Morgan fingerprint density at radius 3 is 2.55 bits per heavy atom. The van der Waals surface area contributed by atoms with Gasteiger partial charge in [0, 0.05) is 36.9 Å². The second-order valence-corrected chi connectivity index (χ2v) is 10.4. The van der Waals surface area contributed by atoms with Gasteiger partial charge in [-0.05, 0) is 78.4 Å². The third-order valence-corrected chi connectivity index (χ3v) is 7.19. The van der Waals surface area contributed by atoms with Gasteiger partial charge in [-0.2, -0.15) is 0 Å². The molecule has 0 radical (unpaired) electrons. The summed E-state index contributed by atoms with van der Waals surface area (Å²) in [4.78, 5) is 27.8. The van der Waals surface area contributed by atoms with Crippen LogP contribution < -0.4 is 10.2 Å². The molecule has 1 N–H and O–H groups in total. The number of anilines is 1. The normalized spacial score (nSPS) is 14.4. The molecule has 33 heavy (non-hydrogen) atoms. The summed E-state index contributed by atoms with van der Waals surface area (Å²) < 4.78 is 15.3. The SMILES string of the molecule is CC1(C)C(=O)N(Cc2c(F)cccc2Cl)c2cc(C(=O)NCc3cccc(Cl)c3)cc(I)c21. The van der Waals surface area contributed by atoms with Crippen LogP contribution in [0.25, 0.3) is 0 Å². The molecule has 0 aromatic heterocycles. The van der Waals surface area contributed by atoms with E-state index < -0.39 is 11.2 Å². The van der Waals surface area contributed by atoms with Crippen LogP contribution in [0.15, 0.2) is 54.6 Å². The number of carbonyl (C=O) groups is 2. The second kappa shape index (κ2) is 9.24. The number of nitrogens with zero attached hydrogens (tertiary/aromatic N) is 1. The minimum Gasteiger partial charge on any atom is -0.348 e. The summed E-state index contributed by atoms with van der Waals surface area (Å²) in [6, 6.07) is 15.1. The maximum absolute atomic E-state index is 14.5. The minimum atomic E-state index is -0.820. The maximum Gasteiger partial charge on any atom is 0.251 e. The summed E-state index contributed by atoms with van der Waals surface area (Å²) in [5, 5.41) is 3.73. The first-order valence-corrected chi connectivity index (χ1v) is 12.0. The molecule has 0 unspecified atom stereocenters. The quantitative estimate of drug-likeness (QED) is 0.342. The van der Waals surface area contributed by atoms with Crippen LogP contribution in [-0.2, 0) is 23.3 Å². The highest BCUT2D eigenvalue weighted by molar-refractivity contribution is 14.1. The van der Waals surface area contributed by atoms with Gasteiger partial charge in [0.2, 0.25) is 5.91 Å². The number of carbonyl (C=O) groups excluding carboxylic acids is 2. The molecule has 4 nitrogen and oxygen atoms in total. The highest BCUT2D eigenvalue weighted by Gasteiger charge is 2.46. The molecule has 0 saturated carbocycles. The largest absolute Gasteiger partial charge is 0.348 e. The van der Waals surface area contributed by atoms with Gasteiger partial charge in [0.1, 0.15) is 5.82 Å². The lowest BCUT2D eigenvalue weighted by atomic mass is 9.86. The van der Waals surface area contributed by atoms with Gasteiger partial charge >= 0.3 is 0 Å². The number of hydrogen-bond acceptors (Lipinski definition) is 2. The molecule has 3 aromatic rings. The lowest BCUT2D eigenvalue weighted by Crippen LogP contribution is -2.36. The monoisotopic (exact) mass is 596 g/mol. The molecule has 170 valence electrons. The van der Waals surface area contributed by atoms with Gasteiger partial charge in [0.15, 0.2) is 0 Å². The molecule has 0 fully saturated rings. The first-order chi connectivity index (χ1) is 15.6. The van der Waals surface area contributed by atoms with Crippen molar-refractivity contribution in [3.63, 3.8) is 0 Å². The van der Waals surface area contributed by atoms with Gasteiger partial charge in [-0.15, -0.1) is 0 Å². The molecule has 0 bridgehead atoms. The number of nitrogens with one attached hydrogen (secondary N) is 1. The third kappa shape index (κ3) is 4.61. The maximum atomic E-state index is 14.5. The van der Waals surface area contributed by atoms with Crippen molar-refractivity contribution in [1.29, 1.82) is 0 Å². The molecular weight excluding hydrogens is 577 g/mol. The zero-order chi connectivity index (χ0) is 23.9. The molecule has 0 spiro atoms. The van der Waals surface area contributed by atoms with E-state index in [1.165, 1.54) is 17.0 Å². The first-order valence-electron chi connectivity index (χ1n) is 10.2. The van der Waals surface area contributed by atoms with Crippen molar-refractivity contribution in [2.24, 2.45) is 0 Å². The van der Waals surface area contributed by atoms with E-state index in [2.05, 4.69) is 27.9 Å². The number of benzene rings is 3. The molecule has 1 aliphatic rings. The molecule has 2 amide bonds. The Hall–Kier alpha value is -2.16. The molecule has 0 aliphatic carbocycles. The van der Waals surface area contributed by atoms with Gasteiger partial charge in [-0.25, -0.2) is 4.39 Å². The Labute approximate surface area is 215 Å². The van der Waals surface area contributed by atoms with E-state index in [9.17, 15) is 14.0 Å². The molecule has 1 heterocycles. The summed E-state index contributed by atoms with van der Waals surface area (Å²) in [5.74, 6) is -0.936. The third-order valence-electron chi connectivity index (χ3n) is 5.75. The number of hydrogen-bond donors (Lipinski definition) is 1. The van der Waals surface area contributed by atoms with Gasteiger partial charge in [0.05, 0.1) is 17.6 Å². The molecule has 0 saturated heterocycles. The fourth-order valence-electron chi connectivity index (χ4n) is 4.04. The smallest absolute Gasteiger partial charge is 0.251 e. The summed E-state index contributed by atoms with van der Waals surface area (Å²) in [6.45, 7) is 3.95. The van der Waals surface area contributed by atoms with Crippen LogP contribution in [0.3, 0.4) is 0 Å². The van der Waals surface area contributed by atoms with Gasteiger partial charge < -0.3 is 10.2 Å². The fourth-order valence-corrected chi connectivity index (χ4v) is 5.76. The van der Waals surface area contributed by atoms with Crippen molar-refractivity contribution in [3.05, 3.63) is 96.3 Å². The Kier molecular flexibility index (Phi) is 6.71. The van der Waals surface area contributed by atoms with Crippen LogP contribution in [0.5, 0.6) is 0 Å². The zero-order valence-corrected chi connectivity index (χ0v) is 21.6. The van der Waals surface area contributed by atoms with Crippen LogP contribution in [0.2, 0.25) is 10.0 Å². The Morgan fingerprint density at radius 1 is 1.12 bits per heavy atom. The van der Waals surface area contributed by atoms with E-state index in [1.54, 1.807) is 30.3 Å². The van der Waals surface area contributed by atoms with E-state index in [-0.39, 0.29) is 28.9 Å². The van der Waals surface area contributed by atoms with Gasteiger partial charge in [0.25, 0.3) is 5.91 Å². The zero-order valence-electron chi connectivity index (χ0n) is 17.9. The topological polar surface area (TPSA) is 49.4 Å². The highest BCUT2D eigenvalue weighted by atomic mass is 127. The van der Waals surface area contributed by atoms with E-state index in [1.807, 2.05) is 26.0 Å². The van der Waals surface area contributed by atoms with Crippen LogP contribution in [0.4, 0.5) is 10.1 Å². The summed E-state index contributed by atoms with van der Waals surface area (Å²) in [7, 11) is 0. The Morgan fingerprint density at radius 2 is 1.85 bits per heavy atom.